The lowest BCUT2D eigenvalue weighted by Gasteiger charge is -2.14. The molecule has 0 spiro atoms. The van der Waals surface area contributed by atoms with E-state index < -0.39 is 10.0 Å². The first kappa shape index (κ1) is 21.4. The molecule has 154 valence electrons. The molecule has 1 aliphatic rings. The maximum Gasteiger partial charge on any atom is 0.261 e. The van der Waals surface area contributed by atoms with Crippen LogP contribution in [-0.4, -0.2) is 20.9 Å². The smallest absolute Gasteiger partial charge is 0.261 e. The van der Waals surface area contributed by atoms with E-state index in [1.54, 1.807) is 25.1 Å². The average molecular weight is 433 g/mol. The van der Waals surface area contributed by atoms with Crippen molar-refractivity contribution in [3.8, 4) is 0 Å². The molecule has 2 aromatic rings. The third kappa shape index (κ3) is 5.84. The first-order chi connectivity index (χ1) is 13.8. The van der Waals surface area contributed by atoms with Crippen molar-refractivity contribution in [3.63, 3.8) is 0 Å². The molecule has 0 heterocycles. The highest BCUT2D eigenvalue weighted by Gasteiger charge is 2.17. The molecule has 0 aromatic heterocycles. The van der Waals surface area contributed by atoms with Crippen molar-refractivity contribution >= 4 is 33.2 Å². The summed E-state index contributed by atoms with van der Waals surface area (Å²) in [5.41, 5.74) is 2.92. The van der Waals surface area contributed by atoms with Gasteiger partial charge < -0.3 is 5.32 Å². The summed E-state index contributed by atoms with van der Waals surface area (Å²) in [5.74, 6) is -0.214. The minimum atomic E-state index is -3.77. The number of amides is 1. The van der Waals surface area contributed by atoms with Crippen LogP contribution in [0.25, 0.3) is 0 Å². The Hall–Kier alpha value is -2.31. The molecule has 3 rings (SSSR count). The zero-order valence-electron chi connectivity index (χ0n) is 16.4. The largest absolute Gasteiger partial charge is 0.352 e. The molecule has 2 N–H and O–H groups in total. The number of sulfonamides is 1. The molecule has 1 amide bonds. The van der Waals surface area contributed by atoms with E-state index in [-0.39, 0.29) is 10.8 Å². The number of aryl methyl sites for hydroxylation is 1. The molecule has 5 nitrogen and oxygen atoms in total. The highest BCUT2D eigenvalue weighted by Crippen LogP contribution is 2.23. The third-order valence-corrected chi connectivity index (χ3v) is 6.62. The van der Waals surface area contributed by atoms with Crippen LogP contribution in [0.3, 0.4) is 0 Å². The number of hydrogen-bond acceptors (Lipinski definition) is 3. The maximum absolute atomic E-state index is 12.6. The Kier molecular flexibility index (Phi) is 6.98. The molecule has 29 heavy (non-hydrogen) atoms. The molecule has 1 aliphatic carbocycles. The Morgan fingerprint density at radius 2 is 1.86 bits per heavy atom. The summed E-state index contributed by atoms with van der Waals surface area (Å²) in [4.78, 5) is 12.6. The second-order valence-corrected chi connectivity index (χ2v) is 9.32. The van der Waals surface area contributed by atoms with Crippen molar-refractivity contribution in [1.29, 1.82) is 0 Å². The van der Waals surface area contributed by atoms with Crippen molar-refractivity contribution in [2.75, 3.05) is 11.3 Å². The Labute approximate surface area is 177 Å². The van der Waals surface area contributed by atoms with Crippen LogP contribution < -0.4 is 10.0 Å². The van der Waals surface area contributed by atoms with Crippen LogP contribution in [0.1, 0.15) is 48.0 Å². The number of halogens is 1. The van der Waals surface area contributed by atoms with E-state index in [2.05, 4.69) is 16.1 Å². The fraction of sp³-hybridized carbons (Fsp3) is 0.318. The number of carbonyl (C=O) groups is 1. The summed E-state index contributed by atoms with van der Waals surface area (Å²) in [7, 11) is -3.77. The van der Waals surface area contributed by atoms with Gasteiger partial charge in [-0.1, -0.05) is 29.3 Å². The number of rotatable bonds is 7. The monoisotopic (exact) mass is 432 g/mol. The van der Waals surface area contributed by atoms with Gasteiger partial charge in [-0.15, -0.1) is 0 Å². The Morgan fingerprint density at radius 3 is 2.55 bits per heavy atom. The van der Waals surface area contributed by atoms with Crippen molar-refractivity contribution in [2.24, 2.45) is 0 Å². The number of nitrogens with one attached hydrogen (secondary N) is 2. The summed E-state index contributed by atoms with van der Waals surface area (Å²) in [6.45, 7) is 2.36. The molecular formula is C22H25ClN2O3S. The molecule has 7 heteroatoms. The minimum absolute atomic E-state index is 0.108. The van der Waals surface area contributed by atoms with Gasteiger partial charge in [0.15, 0.2) is 0 Å². The fourth-order valence-electron chi connectivity index (χ4n) is 3.26. The first-order valence-corrected chi connectivity index (χ1v) is 11.6. The zero-order chi connectivity index (χ0) is 20.9. The normalized spacial score (nSPS) is 14.2. The van der Waals surface area contributed by atoms with Crippen molar-refractivity contribution in [2.45, 2.75) is 43.9 Å². The van der Waals surface area contributed by atoms with Gasteiger partial charge in [-0.25, -0.2) is 8.42 Å². The SMILES string of the molecule is Cc1ccc(C(=O)NCCC2=CCCCC2)cc1NS(=O)(=O)c1ccc(Cl)cc1. The number of hydrogen-bond donors (Lipinski definition) is 2. The molecule has 0 saturated heterocycles. The predicted octanol–water partition coefficient (Wildman–Crippen LogP) is 5.07. The van der Waals surface area contributed by atoms with Crippen molar-refractivity contribution in [1.82, 2.24) is 5.32 Å². The Balaban J connectivity index is 1.67. The van der Waals surface area contributed by atoms with Gasteiger partial charge in [-0.2, -0.15) is 0 Å². The van der Waals surface area contributed by atoms with Gasteiger partial charge in [-0.3, -0.25) is 9.52 Å². The van der Waals surface area contributed by atoms with Crippen molar-refractivity contribution < 1.29 is 13.2 Å². The molecule has 0 aliphatic heterocycles. The van der Waals surface area contributed by atoms with E-state index >= 15 is 0 Å². The number of allylic oxidation sites excluding steroid dienone is 1. The lowest BCUT2D eigenvalue weighted by Crippen LogP contribution is -2.25. The summed E-state index contributed by atoms with van der Waals surface area (Å²) in [6, 6.07) is 10.9. The molecule has 2 aromatic carbocycles. The van der Waals surface area contributed by atoms with Gasteiger partial charge in [0.1, 0.15) is 0 Å². The standard InChI is InChI=1S/C22H25ClN2O3S/c1-16-7-8-18(22(26)24-14-13-17-5-3-2-4-6-17)15-21(16)25-29(27,28)20-11-9-19(23)10-12-20/h5,7-12,15,25H,2-4,6,13-14H2,1H3,(H,24,26). The van der Waals surface area contributed by atoms with Crippen LogP contribution in [0.2, 0.25) is 5.02 Å². The topological polar surface area (TPSA) is 75.3 Å². The Bertz CT molecular complexity index is 1010. The van der Waals surface area contributed by atoms with Crippen molar-refractivity contribution in [3.05, 3.63) is 70.3 Å². The van der Waals surface area contributed by atoms with Crippen LogP contribution in [-0.2, 0) is 10.0 Å². The molecule has 0 fully saturated rings. The molecule has 0 unspecified atom stereocenters. The van der Waals surface area contributed by atoms with Gasteiger partial charge in [0, 0.05) is 17.1 Å². The van der Waals surface area contributed by atoms with Crippen LogP contribution in [0.5, 0.6) is 0 Å². The summed E-state index contributed by atoms with van der Waals surface area (Å²) >= 11 is 5.83. The predicted molar refractivity (Wildman–Crippen MR) is 117 cm³/mol. The summed E-state index contributed by atoms with van der Waals surface area (Å²) < 4.78 is 27.8. The molecular weight excluding hydrogens is 408 g/mol. The van der Waals surface area contributed by atoms with Gasteiger partial charge in [0.2, 0.25) is 0 Å². The van der Waals surface area contributed by atoms with Gasteiger partial charge in [0.25, 0.3) is 15.9 Å². The lowest BCUT2D eigenvalue weighted by molar-refractivity contribution is 0.0954. The van der Waals surface area contributed by atoms with Crippen LogP contribution in [0.15, 0.2) is 59.0 Å². The van der Waals surface area contributed by atoms with E-state index in [0.717, 1.165) is 24.8 Å². The number of anilines is 1. The fourth-order valence-corrected chi connectivity index (χ4v) is 4.51. The van der Waals surface area contributed by atoms with Gasteiger partial charge >= 0.3 is 0 Å². The van der Waals surface area contributed by atoms with Gasteiger partial charge in [0.05, 0.1) is 10.6 Å². The molecule has 0 bridgehead atoms. The van der Waals surface area contributed by atoms with E-state index in [1.165, 1.54) is 42.7 Å². The van der Waals surface area contributed by atoms with E-state index in [4.69, 9.17) is 11.6 Å². The highest BCUT2D eigenvalue weighted by atomic mass is 35.5. The number of carbonyl (C=O) groups excluding carboxylic acids is 1. The van der Waals surface area contributed by atoms with E-state index in [0.29, 0.717) is 22.8 Å². The lowest BCUT2D eigenvalue weighted by atomic mass is 9.97. The second-order valence-electron chi connectivity index (χ2n) is 7.20. The van der Waals surface area contributed by atoms with Gasteiger partial charge in [-0.05, 0) is 81.0 Å². The highest BCUT2D eigenvalue weighted by molar-refractivity contribution is 7.92. The average Bonchev–Trinajstić information content (AvgIpc) is 2.70. The first-order valence-electron chi connectivity index (χ1n) is 9.70. The molecule has 0 radical (unpaired) electrons. The molecule has 0 atom stereocenters. The van der Waals surface area contributed by atoms with Crippen LogP contribution in [0, 0.1) is 6.92 Å². The van der Waals surface area contributed by atoms with E-state index in [1.807, 2.05) is 0 Å². The van der Waals surface area contributed by atoms with E-state index in [9.17, 15) is 13.2 Å². The zero-order valence-corrected chi connectivity index (χ0v) is 17.9. The maximum atomic E-state index is 12.6. The minimum Gasteiger partial charge on any atom is -0.352 e. The third-order valence-electron chi connectivity index (χ3n) is 4.98. The van der Waals surface area contributed by atoms with Crippen LogP contribution >= 0.6 is 11.6 Å². The molecule has 0 saturated carbocycles. The Morgan fingerprint density at radius 1 is 1.10 bits per heavy atom. The van der Waals surface area contributed by atoms with Crippen LogP contribution in [0.4, 0.5) is 5.69 Å². The second kappa shape index (κ2) is 9.46. The summed E-state index contributed by atoms with van der Waals surface area (Å²) in [5, 5.41) is 3.38. The number of benzene rings is 2. The summed E-state index contributed by atoms with van der Waals surface area (Å²) in [6.07, 6.45) is 7.82. The quantitative estimate of drug-likeness (QED) is 0.600.